The zero-order valence-corrected chi connectivity index (χ0v) is 14.1. The fourth-order valence-corrected chi connectivity index (χ4v) is 3.54. The first-order chi connectivity index (χ1) is 10.4. The monoisotopic (exact) mass is 328 g/mol. The van der Waals surface area contributed by atoms with E-state index in [0.717, 1.165) is 29.9 Å². The number of benzene rings is 1. The fourth-order valence-electron chi connectivity index (χ4n) is 2.67. The zero-order chi connectivity index (χ0) is 16.2. The lowest BCUT2D eigenvalue weighted by atomic mass is 10.1. The van der Waals surface area contributed by atoms with Gasteiger partial charge in [0.15, 0.2) is 0 Å². The van der Waals surface area contributed by atoms with Gasteiger partial charge in [0.1, 0.15) is 11.5 Å². The largest absolute Gasteiger partial charge is 0.497 e. The van der Waals surface area contributed by atoms with E-state index in [9.17, 15) is 8.42 Å². The van der Waals surface area contributed by atoms with Gasteiger partial charge in [-0.3, -0.25) is 0 Å². The Morgan fingerprint density at radius 3 is 2.45 bits per heavy atom. The number of rotatable bonds is 6. The number of piperidine rings is 1. The minimum atomic E-state index is -3.07. The molecule has 0 unspecified atom stereocenters. The molecule has 1 heterocycles. The van der Waals surface area contributed by atoms with E-state index in [-0.39, 0.29) is 0 Å². The molecule has 0 aliphatic carbocycles. The third kappa shape index (κ3) is 4.34. The molecule has 124 valence electrons. The van der Waals surface area contributed by atoms with Crippen LogP contribution in [0.4, 0.5) is 0 Å². The molecular weight excluding hydrogens is 304 g/mol. The Labute approximate surface area is 132 Å². The highest BCUT2D eigenvalue weighted by Crippen LogP contribution is 2.24. The van der Waals surface area contributed by atoms with Crippen LogP contribution in [0, 0.1) is 0 Å². The van der Waals surface area contributed by atoms with Crippen molar-refractivity contribution in [3.63, 3.8) is 0 Å². The van der Waals surface area contributed by atoms with Crippen LogP contribution in [0.3, 0.4) is 0 Å². The maximum Gasteiger partial charge on any atom is 0.211 e. The average Bonchev–Trinajstić information content (AvgIpc) is 2.52. The first kappa shape index (κ1) is 17.1. The lowest BCUT2D eigenvalue weighted by Crippen LogP contribution is -2.44. The molecule has 6 nitrogen and oxygen atoms in total. The molecule has 1 aliphatic rings. The van der Waals surface area contributed by atoms with E-state index >= 15 is 0 Å². The van der Waals surface area contributed by atoms with Crippen molar-refractivity contribution in [2.45, 2.75) is 25.4 Å². The molecule has 0 radical (unpaired) electrons. The second kappa shape index (κ2) is 7.30. The molecule has 0 saturated carbocycles. The highest BCUT2D eigenvalue weighted by Gasteiger charge is 2.24. The van der Waals surface area contributed by atoms with E-state index in [1.54, 1.807) is 14.2 Å². The molecule has 1 N–H and O–H groups in total. The van der Waals surface area contributed by atoms with Crippen LogP contribution in [0.5, 0.6) is 11.5 Å². The third-order valence-electron chi connectivity index (χ3n) is 3.99. The Balaban J connectivity index is 1.92. The number of nitrogens with zero attached hydrogens (tertiary/aromatic N) is 1. The molecular formula is C15H24N2O4S. The summed E-state index contributed by atoms with van der Waals surface area (Å²) in [6, 6.07) is 6.03. The predicted octanol–water partition coefficient (Wildman–Crippen LogP) is 1.22. The van der Waals surface area contributed by atoms with Crippen molar-refractivity contribution in [1.29, 1.82) is 0 Å². The van der Waals surface area contributed by atoms with Crippen LogP contribution in [-0.4, -0.2) is 52.3 Å². The highest BCUT2D eigenvalue weighted by molar-refractivity contribution is 7.88. The first-order valence-electron chi connectivity index (χ1n) is 7.33. The molecule has 1 aromatic rings. The summed E-state index contributed by atoms with van der Waals surface area (Å²) in [6.07, 6.45) is 2.90. The molecule has 2 rings (SSSR count). The molecule has 7 heteroatoms. The normalized spacial score (nSPS) is 17.4. The number of sulfonamides is 1. The molecule has 0 bridgehead atoms. The van der Waals surface area contributed by atoms with E-state index in [4.69, 9.17) is 9.47 Å². The van der Waals surface area contributed by atoms with Gasteiger partial charge in [-0.15, -0.1) is 0 Å². The summed E-state index contributed by atoms with van der Waals surface area (Å²) in [5, 5.41) is 3.48. The van der Waals surface area contributed by atoms with Crippen LogP contribution in [0.15, 0.2) is 18.2 Å². The number of methoxy groups -OCH3 is 2. The Kier molecular flexibility index (Phi) is 5.66. The van der Waals surface area contributed by atoms with Gasteiger partial charge >= 0.3 is 0 Å². The lowest BCUT2D eigenvalue weighted by Gasteiger charge is -2.30. The number of hydrogen-bond acceptors (Lipinski definition) is 5. The summed E-state index contributed by atoms with van der Waals surface area (Å²) in [4.78, 5) is 0. The molecule has 1 aliphatic heterocycles. The zero-order valence-electron chi connectivity index (χ0n) is 13.3. The van der Waals surface area contributed by atoms with Crippen molar-refractivity contribution >= 4 is 10.0 Å². The van der Waals surface area contributed by atoms with Gasteiger partial charge in [-0.05, 0) is 31.0 Å². The van der Waals surface area contributed by atoms with Crippen molar-refractivity contribution in [2.75, 3.05) is 33.6 Å². The van der Waals surface area contributed by atoms with Crippen molar-refractivity contribution in [1.82, 2.24) is 9.62 Å². The van der Waals surface area contributed by atoms with Crippen molar-refractivity contribution < 1.29 is 17.9 Å². The summed E-state index contributed by atoms with van der Waals surface area (Å²) in [5.74, 6) is 1.62. The van der Waals surface area contributed by atoms with Gasteiger partial charge in [0.05, 0.1) is 20.5 Å². The minimum absolute atomic E-state index is 0.314. The molecule has 1 aromatic carbocycles. The van der Waals surface area contributed by atoms with E-state index in [2.05, 4.69) is 5.32 Å². The maximum atomic E-state index is 11.5. The van der Waals surface area contributed by atoms with Crippen LogP contribution in [0.1, 0.15) is 18.4 Å². The maximum absolute atomic E-state index is 11.5. The molecule has 1 fully saturated rings. The summed E-state index contributed by atoms with van der Waals surface area (Å²) in [6.45, 7) is 1.82. The first-order valence-corrected chi connectivity index (χ1v) is 9.18. The molecule has 0 aromatic heterocycles. The lowest BCUT2D eigenvalue weighted by molar-refractivity contribution is 0.289. The van der Waals surface area contributed by atoms with Gasteiger partial charge < -0.3 is 14.8 Å². The molecule has 0 spiro atoms. The highest BCUT2D eigenvalue weighted by atomic mass is 32.2. The predicted molar refractivity (Wildman–Crippen MR) is 85.8 cm³/mol. The molecule has 1 saturated heterocycles. The second-order valence-corrected chi connectivity index (χ2v) is 7.48. The van der Waals surface area contributed by atoms with Crippen LogP contribution in [0.25, 0.3) is 0 Å². The van der Waals surface area contributed by atoms with Crippen LogP contribution in [0.2, 0.25) is 0 Å². The van der Waals surface area contributed by atoms with Gasteiger partial charge in [0.2, 0.25) is 10.0 Å². The van der Waals surface area contributed by atoms with Gasteiger partial charge in [-0.1, -0.05) is 0 Å². The smallest absolute Gasteiger partial charge is 0.211 e. The van der Waals surface area contributed by atoms with Crippen LogP contribution >= 0.6 is 0 Å². The van der Waals surface area contributed by atoms with E-state index in [0.29, 0.717) is 25.7 Å². The SMILES string of the molecule is COc1ccc(OC)c(CNC2CCN(S(C)(=O)=O)CC2)c1. The number of hydrogen-bond donors (Lipinski definition) is 1. The van der Waals surface area contributed by atoms with Crippen LogP contribution in [-0.2, 0) is 16.6 Å². The fraction of sp³-hybridized carbons (Fsp3) is 0.600. The minimum Gasteiger partial charge on any atom is -0.497 e. The van der Waals surface area contributed by atoms with E-state index in [1.165, 1.54) is 10.6 Å². The Bertz CT molecular complexity index is 596. The Morgan fingerprint density at radius 1 is 1.23 bits per heavy atom. The topological polar surface area (TPSA) is 67.9 Å². The van der Waals surface area contributed by atoms with Crippen molar-refractivity contribution in [3.05, 3.63) is 23.8 Å². The standard InChI is InChI=1S/C15H24N2O4S/c1-20-14-4-5-15(21-2)12(10-14)11-16-13-6-8-17(9-7-13)22(3,18)19/h4-5,10,13,16H,6-9,11H2,1-3H3. The summed E-state index contributed by atoms with van der Waals surface area (Å²) in [5.41, 5.74) is 1.03. The Hall–Kier alpha value is -1.31. The van der Waals surface area contributed by atoms with Gasteiger partial charge in [0.25, 0.3) is 0 Å². The van der Waals surface area contributed by atoms with Gasteiger partial charge in [-0.2, -0.15) is 0 Å². The van der Waals surface area contributed by atoms with E-state index in [1.807, 2.05) is 18.2 Å². The second-order valence-electron chi connectivity index (χ2n) is 5.49. The summed E-state index contributed by atoms with van der Waals surface area (Å²) in [7, 11) is 0.220. The Morgan fingerprint density at radius 2 is 1.91 bits per heavy atom. The third-order valence-corrected chi connectivity index (χ3v) is 5.29. The molecule has 22 heavy (non-hydrogen) atoms. The van der Waals surface area contributed by atoms with Gasteiger partial charge in [-0.25, -0.2) is 12.7 Å². The van der Waals surface area contributed by atoms with E-state index < -0.39 is 10.0 Å². The number of ether oxygens (including phenoxy) is 2. The summed E-state index contributed by atoms with van der Waals surface area (Å²) < 4.78 is 35.1. The van der Waals surface area contributed by atoms with Crippen molar-refractivity contribution in [3.8, 4) is 11.5 Å². The molecule has 0 atom stereocenters. The quantitative estimate of drug-likeness (QED) is 0.850. The van der Waals surface area contributed by atoms with Crippen LogP contribution < -0.4 is 14.8 Å². The molecule has 0 amide bonds. The average molecular weight is 328 g/mol. The van der Waals surface area contributed by atoms with Crippen molar-refractivity contribution in [2.24, 2.45) is 0 Å². The van der Waals surface area contributed by atoms with Gasteiger partial charge in [0, 0.05) is 31.2 Å². The summed E-state index contributed by atoms with van der Waals surface area (Å²) >= 11 is 0. The number of nitrogens with one attached hydrogen (secondary N) is 1.